The molecule has 0 spiro atoms. The van der Waals surface area contributed by atoms with Crippen LogP contribution in [0.15, 0.2) is 29.1 Å². The first-order chi connectivity index (χ1) is 7.08. The maximum absolute atomic E-state index is 11.4. The molecule has 4 heteroatoms. The second-order valence-electron chi connectivity index (χ2n) is 3.47. The third-order valence-electron chi connectivity index (χ3n) is 2.27. The van der Waals surface area contributed by atoms with Crippen LogP contribution in [0.25, 0.3) is 10.9 Å². The minimum atomic E-state index is -0.710. The normalized spacial score (nSPS) is 10.5. The number of pyridine rings is 1. The SMILES string of the molecule is Cc1ccc2cc(C(N)=O)c(=O)[nH]c2c1. The summed E-state index contributed by atoms with van der Waals surface area (Å²) in [6, 6.07) is 7.11. The molecule has 1 heterocycles. The van der Waals surface area contributed by atoms with E-state index in [2.05, 4.69) is 4.98 Å². The van der Waals surface area contributed by atoms with Gasteiger partial charge in [0.1, 0.15) is 5.56 Å². The van der Waals surface area contributed by atoms with Crippen molar-refractivity contribution in [2.45, 2.75) is 6.92 Å². The highest BCUT2D eigenvalue weighted by atomic mass is 16.2. The van der Waals surface area contributed by atoms with Crippen molar-refractivity contribution in [3.63, 3.8) is 0 Å². The molecule has 0 unspecified atom stereocenters. The summed E-state index contributed by atoms with van der Waals surface area (Å²) in [5.41, 5.74) is 6.38. The summed E-state index contributed by atoms with van der Waals surface area (Å²) in [5.74, 6) is -0.710. The van der Waals surface area contributed by atoms with Crippen LogP contribution in [0, 0.1) is 6.92 Å². The Balaban J connectivity index is 2.82. The molecule has 0 aliphatic carbocycles. The highest BCUT2D eigenvalue weighted by Gasteiger charge is 2.07. The average molecular weight is 202 g/mol. The van der Waals surface area contributed by atoms with Crippen LogP contribution in [0.4, 0.5) is 0 Å². The molecule has 3 N–H and O–H groups in total. The number of aromatic amines is 1. The fourth-order valence-corrected chi connectivity index (χ4v) is 1.50. The van der Waals surface area contributed by atoms with Gasteiger partial charge in [0, 0.05) is 5.52 Å². The largest absolute Gasteiger partial charge is 0.365 e. The number of carbonyl (C=O) groups excluding carboxylic acids is 1. The number of fused-ring (bicyclic) bond motifs is 1. The molecule has 0 bridgehead atoms. The van der Waals surface area contributed by atoms with Crippen LogP contribution in [0.3, 0.4) is 0 Å². The molecule has 0 aliphatic heterocycles. The van der Waals surface area contributed by atoms with E-state index in [1.165, 1.54) is 6.07 Å². The summed E-state index contributed by atoms with van der Waals surface area (Å²) in [4.78, 5) is 25.0. The highest BCUT2D eigenvalue weighted by Crippen LogP contribution is 2.12. The molecule has 1 amide bonds. The molecule has 0 atom stereocenters. The lowest BCUT2D eigenvalue weighted by molar-refractivity contribution is 0.0999. The van der Waals surface area contributed by atoms with Gasteiger partial charge in [0.25, 0.3) is 11.5 Å². The van der Waals surface area contributed by atoms with E-state index in [1.54, 1.807) is 0 Å². The van der Waals surface area contributed by atoms with Gasteiger partial charge < -0.3 is 10.7 Å². The standard InChI is InChI=1S/C11H10N2O2/c1-6-2-3-7-5-8(10(12)14)11(15)13-9(7)4-6/h2-5H,1H3,(H2,12,14)(H,13,15). The zero-order chi connectivity index (χ0) is 11.0. The predicted molar refractivity (Wildman–Crippen MR) is 57.8 cm³/mol. The van der Waals surface area contributed by atoms with Gasteiger partial charge in [0.15, 0.2) is 0 Å². The number of primary amides is 1. The van der Waals surface area contributed by atoms with Crippen LogP contribution in [0.5, 0.6) is 0 Å². The topological polar surface area (TPSA) is 76.0 Å². The van der Waals surface area contributed by atoms with Crippen molar-refractivity contribution in [3.8, 4) is 0 Å². The molecule has 0 fully saturated rings. The van der Waals surface area contributed by atoms with Crippen molar-refractivity contribution < 1.29 is 4.79 Å². The molecule has 0 saturated heterocycles. The first kappa shape index (κ1) is 9.45. The van der Waals surface area contributed by atoms with Gasteiger partial charge in [-0.2, -0.15) is 0 Å². The Kier molecular flexibility index (Phi) is 2.04. The molecule has 0 radical (unpaired) electrons. The first-order valence-corrected chi connectivity index (χ1v) is 4.51. The van der Waals surface area contributed by atoms with Crippen LogP contribution in [-0.2, 0) is 0 Å². The lowest BCUT2D eigenvalue weighted by Crippen LogP contribution is -2.23. The van der Waals surface area contributed by atoms with Crippen molar-refractivity contribution in [2.75, 3.05) is 0 Å². The van der Waals surface area contributed by atoms with E-state index in [4.69, 9.17) is 5.73 Å². The molecule has 1 aromatic heterocycles. The summed E-state index contributed by atoms with van der Waals surface area (Å²) in [7, 11) is 0. The Morgan fingerprint density at radius 1 is 1.33 bits per heavy atom. The second-order valence-corrected chi connectivity index (χ2v) is 3.47. The van der Waals surface area contributed by atoms with Crippen LogP contribution < -0.4 is 11.3 Å². The van der Waals surface area contributed by atoms with Crippen LogP contribution >= 0.6 is 0 Å². The van der Waals surface area contributed by atoms with Gasteiger partial charge in [-0.05, 0) is 30.0 Å². The van der Waals surface area contributed by atoms with Crippen LogP contribution in [0.1, 0.15) is 15.9 Å². The molecular weight excluding hydrogens is 192 g/mol. The molecule has 15 heavy (non-hydrogen) atoms. The fourth-order valence-electron chi connectivity index (χ4n) is 1.50. The lowest BCUT2D eigenvalue weighted by Gasteiger charge is -2.01. The van der Waals surface area contributed by atoms with E-state index in [1.807, 2.05) is 25.1 Å². The Morgan fingerprint density at radius 2 is 2.07 bits per heavy atom. The van der Waals surface area contributed by atoms with E-state index < -0.39 is 11.5 Å². The van der Waals surface area contributed by atoms with Gasteiger partial charge in [-0.3, -0.25) is 9.59 Å². The number of carbonyl (C=O) groups is 1. The highest BCUT2D eigenvalue weighted by molar-refractivity contribution is 5.96. The van der Waals surface area contributed by atoms with Crippen molar-refractivity contribution in [1.82, 2.24) is 4.98 Å². The first-order valence-electron chi connectivity index (χ1n) is 4.51. The van der Waals surface area contributed by atoms with Gasteiger partial charge >= 0.3 is 0 Å². The monoisotopic (exact) mass is 202 g/mol. The van der Waals surface area contributed by atoms with Gasteiger partial charge in [-0.1, -0.05) is 12.1 Å². The summed E-state index contributed by atoms with van der Waals surface area (Å²) in [6.45, 7) is 1.93. The zero-order valence-corrected chi connectivity index (χ0v) is 8.20. The Bertz CT molecular complexity index is 599. The maximum atomic E-state index is 11.4. The van der Waals surface area contributed by atoms with Crippen molar-refractivity contribution in [2.24, 2.45) is 5.73 Å². The quantitative estimate of drug-likeness (QED) is 0.721. The predicted octanol–water partition coefficient (Wildman–Crippen LogP) is 0.935. The number of rotatable bonds is 1. The van der Waals surface area contributed by atoms with Crippen molar-refractivity contribution in [3.05, 3.63) is 45.7 Å². The Labute approximate surface area is 85.7 Å². The molecule has 1 aromatic carbocycles. The van der Waals surface area contributed by atoms with E-state index in [0.717, 1.165) is 10.9 Å². The van der Waals surface area contributed by atoms with Crippen molar-refractivity contribution in [1.29, 1.82) is 0 Å². The zero-order valence-electron chi connectivity index (χ0n) is 8.20. The number of hydrogen-bond donors (Lipinski definition) is 2. The average Bonchev–Trinajstić information content (AvgIpc) is 2.15. The minimum absolute atomic E-state index is 0.00801. The molecule has 0 saturated carbocycles. The second kappa shape index (κ2) is 3.24. The summed E-state index contributed by atoms with van der Waals surface area (Å²) < 4.78 is 0. The number of nitrogens with two attached hydrogens (primary N) is 1. The summed E-state index contributed by atoms with van der Waals surface area (Å²) >= 11 is 0. The fraction of sp³-hybridized carbons (Fsp3) is 0.0909. The molecular formula is C11H10N2O2. The van der Waals surface area contributed by atoms with E-state index in [-0.39, 0.29) is 5.56 Å². The number of H-pyrrole nitrogens is 1. The number of hydrogen-bond acceptors (Lipinski definition) is 2. The Morgan fingerprint density at radius 3 is 2.73 bits per heavy atom. The minimum Gasteiger partial charge on any atom is -0.365 e. The number of amides is 1. The van der Waals surface area contributed by atoms with Crippen molar-refractivity contribution >= 4 is 16.8 Å². The maximum Gasteiger partial charge on any atom is 0.261 e. The Hall–Kier alpha value is -2.10. The van der Waals surface area contributed by atoms with E-state index in [9.17, 15) is 9.59 Å². The summed E-state index contributed by atoms with van der Waals surface area (Å²) in [6.07, 6.45) is 0. The number of benzene rings is 1. The van der Waals surface area contributed by atoms with Gasteiger partial charge in [0.2, 0.25) is 0 Å². The molecule has 4 nitrogen and oxygen atoms in total. The third-order valence-corrected chi connectivity index (χ3v) is 2.27. The number of aryl methyl sites for hydroxylation is 1. The number of nitrogens with one attached hydrogen (secondary N) is 1. The molecule has 76 valence electrons. The van der Waals surface area contributed by atoms with Gasteiger partial charge in [0.05, 0.1) is 0 Å². The molecule has 0 aliphatic rings. The van der Waals surface area contributed by atoms with Crippen LogP contribution in [-0.4, -0.2) is 10.9 Å². The number of aromatic nitrogens is 1. The van der Waals surface area contributed by atoms with E-state index in [0.29, 0.717) is 5.52 Å². The molecule has 2 aromatic rings. The molecule has 2 rings (SSSR count). The summed E-state index contributed by atoms with van der Waals surface area (Å²) in [5, 5.41) is 0.800. The van der Waals surface area contributed by atoms with Crippen LogP contribution in [0.2, 0.25) is 0 Å². The van der Waals surface area contributed by atoms with Gasteiger partial charge in [-0.15, -0.1) is 0 Å². The van der Waals surface area contributed by atoms with E-state index >= 15 is 0 Å². The third kappa shape index (κ3) is 1.61. The lowest BCUT2D eigenvalue weighted by atomic mass is 10.1. The van der Waals surface area contributed by atoms with Gasteiger partial charge in [-0.25, -0.2) is 0 Å². The smallest absolute Gasteiger partial charge is 0.261 e.